The zero-order valence-electron chi connectivity index (χ0n) is 1.86. The summed E-state index contributed by atoms with van der Waals surface area (Å²) >= 11 is 5.28. The summed E-state index contributed by atoms with van der Waals surface area (Å²) in [4.78, 5) is 0. The van der Waals surface area contributed by atoms with Crippen LogP contribution in [-0.2, 0) is 20.8 Å². The second-order valence-corrected chi connectivity index (χ2v) is 2.85. The molecule has 0 aromatic rings. The predicted molar refractivity (Wildman–Crippen MR) is 37.3 cm³/mol. The first kappa shape index (κ1) is 5.36. The zero-order valence-corrected chi connectivity index (χ0v) is 5.84. The zero-order chi connectivity index (χ0) is 3.41. The monoisotopic (exact) mass is 204 g/mol. The van der Waals surface area contributed by atoms with E-state index in [4.69, 9.17) is 0 Å². The molecule has 0 bridgehead atoms. The van der Waals surface area contributed by atoms with Crippen molar-refractivity contribution in [3.8, 4) is 0 Å². The summed E-state index contributed by atoms with van der Waals surface area (Å²) in [5.41, 5.74) is 1.83. The Labute approximate surface area is 47.3 Å². The van der Waals surface area contributed by atoms with Crippen molar-refractivity contribution in [2.75, 3.05) is 0 Å². The van der Waals surface area contributed by atoms with Gasteiger partial charge in [-0.25, -0.2) is 0 Å². The molecule has 4 heteroatoms. The standard InChI is InChI=1S/BHIS2/c2-4-1-3/h3H/q+1/p+1. The van der Waals surface area contributed by atoms with Gasteiger partial charge in [0.15, 0.2) is 0 Å². The van der Waals surface area contributed by atoms with Crippen LogP contribution in [0.5, 0.6) is 0 Å². The van der Waals surface area contributed by atoms with Crippen LogP contribution in [-0.4, -0.2) is 5.43 Å². The maximum atomic E-state index is 3.12. The Morgan fingerprint density at radius 3 is 2.25 bits per heavy atom. The molecule has 0 radical (unpaired) electrons. The second kappa shape index (κ2) is 4.36. The third kappa shape index (κ3) is 3.36. The Bertz CT molecular complexity index is 21.2. The fourth-order valence-corrected chi connectivity index (χ4v) is 0. The van der Waals surface area contributed by atoms with E-state index in [1.807, 2.05) is 5.43 Å². The summed E-state index contributed by atoms with van der Waals surface area (Å²) in [7, 11) is 1.62. The molecule has 0 aliphatic carbocycles. The van der Waals surface area contributed by atoms with Gasteiger partial charge in [0.1, 0.15) is 0 Å². The quantitative estimate of drug-likeness (QED) is 0.295. The van der Waals surface area contributed by atoms with Gasteiger partial charge < -0.3 is 0 Å². The summed E-state index contributed by atoms with van der Waals surface area (Å²) in [6.45, 7) is 0. The first-order valence-electron chi connectivity index (χ1n) is 0.679. The average molecular weight is 204 g/mol. The van der Waals surface area contributed by atoms with E-state index in [9.17, 15) is 0 Å². The fourth-order valence-electron chi connectivity index (χ4n) is 0. The SMILES string of the molecule is [SH2+]B=[S+]I. The van der Waals surface area contributed by atoms with E-state index < -0.39 is 0 Å². The van der Waals surface area contributed by atoms with E-state index >= 15 is 0 Å². The molecule has 0 aliphatic rings. The molecule has 0 amide bonds. The minimum absolute atomic E-state index is 1.62. The van der Waals surface area contributed by atoms with Crippen LogP contribution in [0.15, 0.2) is 0 Å². The van der Waals surface area contributed by atoms with Gasteiger partial charge in [-0.3, -0.25) is 0 Å². The van der Waals surface area contributed by atoms with Crippen LogP contribution in [0.25, 0.3) is 0 Å². The minimum atomic E-state index is 1.62. The Kier molecular flexibility index (Phi) is 5.85. The van der Waals surface area contributed by atoms with Crippen LogP contribution in [0, 0.1) is 0 Å². The summed E-state index contributed by atoms with van der Waals surface area (Å²) in [6, 6.07) is 0. The van der Waals surface area contributed by atoms with E-state index in [2.05, 4.69) is 33.7 Å². The van der Waals surface area contributed by atoms with Crippen molar-refractivity contribution in [1.82, 2.24) is 0 Å². The van der Waals surface area contributed by atoms with Crippen molar-refractivity contribution in [3.05, 3.63) is 0 Å². The molecule has 0 N–H and O–H groups in total. The Morgan fingerprint density at radius 1 is 2.00 bits per heavy atom. The number of halogens is 1. The molecule has 0 atom stereocenters. The van der Waals surface area contributed by atoms with Crippen molar-refractivity contribution in [1.29, 1.82) is 0 Å². The molecule has 0 fully saturated rings. The molecule has 0 saturated carbocycles. The topological polar surface area (TPSA) is 0 Å². The molecule has 0 heterocycles. The molecule has 4 heavy (non-hydrogen) atoms. The van der Waals surface area contributed by atoms with Gasteiger partial charge >= 0.3 is 47.5 Å². The van der Waals surface area contributed by atoms with Crippen LogP contribution >= 0.6 is 21.2 Å². The molecule has 0 aromatic heterocycles. The van der Waals surface area contributed by atoms with E-state index in [0.717, 1.165) is 0 Å². The molecular formula is H2BIS2+2. The summed E-state index contributed by atoms with van der Waals surface area (Å²) in [5.74, 6) is 0. The number of rotatable bonds is 0. The Balaban J connectivity index is 2.55. The van der Waals surface area contributed by atoms with Gasteiger partial charge in [0, 0.05) is 0 Å². The Morgan fingerprint density at radius 2 is 2.25 bits per heavy atom. The van der Waals surface area contributed by atoms with Gasteiger partial charge in [-0.05, 0) is 0 Å². The number of hydrogen-bond acceptors (Lipinski definition) is 0. The summed E-state index contributed by atoms with van der Waals surface area (Å²) in [6.07, 6.45) is 0. The molecule has 0 aliphatic heterocycles. The van der Waals surface area contributed by atoms with Crippen LogP contribution in [0.3, 0.4) is 0 Å². The second-order valence-electron chi connectivity index (χ2n) is 0.207. The van der Waals surface area contributed by atoms with Crippen LogP contribution in [0.4, 0.5) is 0 Å². The molecule has 0 saturated heterocycles. The van der Waals surface area contributed by atoms with E-state index in [1.54, 1.807) is 8.36 Å². The van der Waals surface area contributed by atoms with Crippen LogP contribution in [0.1, 0.15) is 0 Å². The van der Waals surface area contributed by atoms with Gasteiger partial charge in [0.2, 0.25) is 0 Å². The molecule has 0 spiro atoms. The molecule has 0 unspecified atom stereocenters. The van der Waals surface area contributed by atoms with Crippen LogP contribution in [0.2, 0.25) is 0 Å². The summed E-state index contributed by atoms with van der Waals surface area (Å²) in [5, 5.41) is 0. The van der Waals surface area contributed by atoms with Crippen molar-refractivity contribution in [2.45, 2.75) is 0 Å². The van der Waals surface area contributed by atoms with Crippen molar-refractivity contribution >= 4 is 47.5 Å². The fraction of sp³-hybridized carbons (Fsp3) is 0. The first-order valence-corrected chi connectivity index (χ1v) is 4.68. The van der Waals surface area contributed by atoms with Gasteiger partial charge in [-0.1, -0.05) is 0 Å². The third-order valence-corrected chi connectivity index (χ3v) is 2.69. The maximum absolute atomic E-state index is 3.12. The average Bonchev–Trinajstić information content (AvgIpc) is 1.37. The van der Waals surface area contributed by atoms with E-state index in [0.29, 0.717) is 0 Å². The third-order valence-electron chi connectivity index (χ3n) is 0.0445. The van der Waals surface area contributed by atoms with Gasteiger partial charge in [0.05, 0.1) is 0 Å². The molecule has 0 aromatic carbocycles. The first-order chi connectivity index (χ1) is 1.91. The predicted octanol–water partition coefficient (Wildman–Crippen LogP) is -0.0353. The van der Waals surface area contributed by atoms with Gasteiger partial charge in [-0.15, -0.1) is 0 Å². The molecule has 22 valence electrons. The van der Waals surface area contributed by atoms with Gasteiger partial charge in [-0.2, -0.15) is 0 Å². The van der Waals surface area contributed by atoms with Gasteiger partial charge in [0.25, 0.3) is 0 Å². The Hall–Kier alpha value is 1.36. The molecule has 0 rings (SSSR count). The molecular weight excluding hydrogens is 202 g/mol. The van der Waals surface area contributed by atoms with Crippen LogP contribution < -0.4 is 0 Å². The molecule has 0 nitrogen and oxygen atoms in total. The summed E-state index contributed by atoms with van der Waals surface area (Å²) < 4.78 is 0. The van der Waals surface area contributed by atoms with Crippen molar-refractivity contribution in [3.63, 3.8) is 0 Å². The normalized spacial score (nSPS) is 7.50. The van der Waals surface area contributed by atoms with E-state index in [-0.39, 0.29) is 0 Å². The number of hydrogen-bond donors (Lipinski definition) is 0. The van der Waals surface area contributed by atoms with Crippen molar-refractivity contribution < 1.29 is 0 Å². The van der Waals surface area contributed by atoms with Crippen molar-refractivity contribution in [2.24, 2.45) is 0 Å². The van der Waals surface area contributed by atoms with E-state index in [1.165, 1.54) is 0 Å².